The predicted molar refractivity (Wildman–Crippen MR) is 66.4 cm³/mol. The lowest BCUT2D eigenvalue weighted by Gasteiger charge is -2.36. The normalized spacial score (nSPS) is 48.8. The molecule has 5 atom stereocenters. The molecular formula is C12H20O5S. The number of hydrogen-bond donors (Lipinski definition) is 1. The van der Waals surface area contributed by atoms with Crippen molar-refractivity contribution >= 4 is 12.6 Å². The van der Waals surface area contributed by atoms with Gasteiger partial charge in [-0.3, -0.25) is 0 Å². The Morgan fingerprint density at radius 3 is 2.06 bits per heavy atom. The first-order valence-corrected chi connectivity index (χ1v) is 6.92. The first-order chi connectivity index (χ1) is 8.31. The number of fused-ring (bicyclic) bond motifs is 3. The fourth-order valence-electron chi connectivity index (χ4n) is 2.84. The van der Waals surface area contributed by atoms with E-state index in [2.05, 4.69) is 12.6 Å². The van der Waals surface area contributed by atoms with Gasteiger partial charge in [-0.2, -0.15) is 12.6 Å². The zero-order valence-electron chi connectivity index (χ0n) is 11.1. The smallest absolute Gasteiger partial charge is 0.190 e. The van der Waals surface area contributed by atoms with Crippen LogP contribution in [0.4, 0.5) is 0 Å². The van der Waals surface area contributed by atoms with Crippen molar-refractivity contribution in [2.45, 2.75) is 70.0 Å². The van der Waals surface area contributed by atoms with Crippen LogP contribution in [0.3, 0.4) is 0 Å². The van der Waals surface area contributed by atoms with E-state index in [1.807, 2.05) is 27.7 Å². The van der Waals surface area contributed by atoms with Crippen LogP contribution in [0.2, 0.25) is 0 Å². The van der Waals surface area contributed by atoms with Gasteiger partial charge in [0.1, 0.15) is 18.3 Å². The van der Waals surface area contributed by atoms with Crippen LogP contribution in [0, 0.1) is 0 Å². The van der Waals surface area contributed by atoms with E-state index < -0.39 is 17.9 Å². The molecule has 3 aliphatic heterocycles. The Kier molecular flexibility index (Phi) is 2.97. The lowest BCUT2D eigenvalue weighted by Crippen LogP contribution is -2.55. The third-order valence-electron chi connectivity index (χ3n) is 3.43. The molecule has 3 aliphatic rings. The monoisotopic (exact) mass is 276 g/mol. The lowest BCUT2D eigenvalue weighted by atomic mass is 10.00. The topological polar surface area (TPSA) is 46.2 Å². The van der Waals surface area contributed by atoms with Crippen LogP contribution >= 0.6 is 12.6 Å². The van der Waals surface area contributed by atoms with E-state index in [0.29, 0.717) is 5.75 Å². The molecule has 5 nitrogen and oxygen atoms in total. The second-order valence-electron chi connectivity index (χ2n) is 5.89. The van der Waals surface area contributed by atoms with Gasteiger partial charge in [-0.15, -0.1) is 0 Å². The van der Waals surface area contributed by atoms with Crippen molar-refractivity contribution in [3.8, 4) is 0 Å². The van der Waals surface area contributed by atoms with Gasteiger partial charge < -0.3 is 23.7 Å². The van der Waals surface area contributed by atoms with E-state index in [-0.39, 0.29) is 24.4 Å². The van der Waals surface area contributed by atoms with Crippen molar-refractivity contribution in [2.75, 3.05) is 5.75 Å². The summed E-state index contributed by atoms with van der Waals surface area (Å²) < 4.78 is 29.3. The Morgan fingerprint density at radius 1 is 0.833 bits per heavy atom. The zero-order chi connectivity index (χ0) is 13.1. The highest BCUT2D eigenvalue weighted by molar-refractivity contribution is 7.80. The minimum Gasteiger partial charge on any atom is -0.343 e. The first kappa shape index (κ1) is 13.1. The maximum Gasteiger partial charge on any atom is 0.190 e. The molecule has 18 heavy (non-hydrogen) atoms. The highest BCUT2D eigenvalue weighted by atomic mass is 32.1. The maximum atomic E-state index is 5.95. The van der Waals surface area contributed by atoms with Gasteiger partial charge in [0.25, 0.3) is 0 Å². The standard InChI is InChI=1S/C12H20O5S/c1-11(2)14-7-6(5-18)13-10-9(8(7)15-11)16-12(3,4)17-10/h6-10,18H,5H2,1-4H3. The van der Waals surface area contributed by atoms with Crippen LogP contribution < -0.4 is 0 Å². The summed E-state index contributed by atoms with van der Waals surface area (Å²) in [6.45, 7) is 7.55. The Hall–Kier alpha value is 0.150. The van der Waals surface area contributed by atoms with Gasteiger partial charge in [-0.25, -0.2) is 0 Å². The Morgan fingerprint density at radius 2 is 1.39 bits per heavy atom. The van der Waals surface area contributed by atoms with Crippen LogP contribution in [0.15, 0.2) is 0 Å². The van der Waals surface area contributed by atoms with Gasteiger partial charge in [-0.1, -0.05) is 0 Å². The van der Waals surface area contributed by atoms with E-state index in [4.69, 9.17) is 23.7 Å². The molecule has 3 heterocycles. The summed E-state index contributed by atoms with van der Waals surface area (Å²) in [7, 11) is 0. The fraction of sp³-hybridized carbons (Fsp3) is 1.00. The largest absolute Gasteiger partial charge is 0.343 e. The summed E-state index contributed by atoms with van der Waals surface area (Å²) >= 11 is 4.32. The van der Waals surface area contributed by atoms with Crippen LogP contribution in [0.1, 0.15) is 27.7 Å². The van der Waals surface area contributed by atoms with Crippen molar-refractivity contribution in [2.24, 2.45) is 0 Å². The molecule has 104 valence electrons. The van der Waals surface area contributed by atoms with E-state index in [9.17, 15) is 0 Å². The van der Waals surface area contributed by atoms with Crippen molar-refractivity contribution in [3.05, 3.63) is 0 Å². The summed E-state index contributed by atoms with van der Waals surface area (Å²) in [4.78, 5) is 0. The highest BCUT2D eigenvalue weighted by Gasteiger charge is 2.60. The molecule has 0 spiro atoms. The molecule has 0 N–H and O–H groups in total. The Balaban J connectivity index is 1.86. The van der Waals surface area contributed by atoms with Crippen molar-refractivity contribution in [1.82, 2.24) is 0 Å². The van der Waals surface area contributed by atoms with Crippen LogP contribution in [0.5, 0.6) is 0 Å². The minimum absolute atomic E-state index is 0.140. The van der Waals surface area contributed by atoms with Crippen molar-refractivity contribution in [1.29, 1.82) is 0 Å². The second-order valence-corrected chi connectivity index (χ2v) is 6.26. The molecule has 0 radical (unpaired) electrons. The molecule has 3 saturated heterocycles. The number of rotatable bonds is 1. The molecule has 3 rings (SSSR count). The predicted octanol–water partition coefficient (Wildman–Crippen LogP) is 1.31. The summed E-state index contributed by atoms with van der Waals surface area (Å²) in [5.74, 6) is -0.708. The van der Waals surface area contributed by atoms with Gasteiger partial charge >= 0.3 is 0 Å². The second kappa shape index (κ2) is 4.07. The molecule has 3 fully saturated rings. The molecule has 0 aliphatic carbocycles. The summed E-state index contributed by atoms with van der Waals surface area (Å²) in [6.07, 6.45) is -1.12. The van der Waals surface area contributed by atoms with Crippen molar-refractivity contribution in [3.63, 3.8) is 0 Å². The molecule has 0 saturated carbocycles. The lowest BCUT2D eigenvalue weighted by molar-refractivity contribution is -0.228. The van der Waals surface area contributed by atoms with Crippen LogP contribution in [-0.4, -0.2) is 48.0 Å². The van der Waals surface area contributed by atoms with E-state index in [0.717, 1.165) is 0 Å². The Bertz CT molecular complexity index is 345. The molecule has 5 unspecified atom stereocenters. The first-order valence-electron chi connectivity index (χ1n) is 6.29. The average molecular weight is 276 g/mol. The molecule has 0 bridgehead atoms. The maximum absolute atomic E-state index is 5.95. The Labute approximate surface area is 112 Å². The number of ether oxygens (including phenoxy) is 5. The average Bonchev–Trinajstić information content (AvgIpc) is 2.71. The number of hydrogen-bond acceptors (Lipinski definition) is 6. The highest BCUT2D eigenvalue weighted by Crippen LogP contribution is 2.44. The van der Waals surface area contributed by atoms with Gasteiger partial charge in [0.15, 0.2) is 17.9 Å². The zero-order valence-corrected chi connectivity index (χ0v) is 12.0. The molecule has 0 aromatic rings. The van der Waals surface area contributed by atoms with E-state index in [1.165, 1.54) is 0 Å². The molecule has 0 aromatic heterocycles. The summed E-state index contributed by atoms with van der Waals surface area (Å²) in [6, 6.07) is 0. The van der Waals surface area contributed by atoms with Gasteiger partial charge in [-0.05, 0) is 27.7 Å². The third-order valence-corrected chi connectivity index (χ3v) is 3.79. The molecule has 6 heteroatoms. The quantitative estimate of drug-likeness (QED) is 0.732. The third kappa shape index (κ3) is 2.09. The van der Waals surface area contributed by atoms with Crippen molar-refractivity contribution < 1.29 is 23.7 Å². The van der Waals surface area contributed by atoms with Crippen LogP contribution in [-0.2, 0) is 23.7 Å². The minimum atomic E-state index is -0.651. The van der Waals surface area contributed by atoms with Gasteiger partial charge in [0.2, 0.25) is 0 Å². The van der Waals surface area contributed by atoms with E-state index in [1.54, 1.807) is 0 Å². The number of thiol groups is 1. The van der Waals surface area contributed by atoms with E-state index >= 15 is 0 Å². The molecular weight excluding hydrogens is 256 g/mol. The SMILES string of the molecule is CC1(C)OC2OC(CS)C3OC(C)(C)OC3C2O1. The molecule has 0 amide bonds. The summed E-state index contributed by atoms with van der Waals surface area (Å²) in [5.41, 5.74) is 0. The fourth-order valence-corrected chi connectivity index (χ4v) is 3.13. The summed E-state index contributed by atoms with van der Waals surface area (Å²) in [5, 5.41) is 0. The van der Waals surface area contributed by atoms with Gasteiger partial charge in [0.05, 0.1) is 6.10 Å². The molecule has 0 aromatic carbocycles. The van der Waals surface area contributed by atoms with Gasteiger partial charge in [0, 0.05) is 5.75 Å². The van der Waals surface area contributed by atoms with Crippen LogP contribution in [0.25, 0.3) is 0 Å².